The Balaban J connectivity index is 1.73. The van der Waals surface area contributed by atoms with Gasteiger partial charge in [0.15, 0.2) is 4.77 Å². The smallest absolute Gasteiger partial charge is 0.234 e. The van der Waals surface area contributed by atoms with Gasteiger partial charge < -0.3 is 5.32 Å². The quantitative estimate of drug-likeness (QED) is 0.687. The number of rotatable bonds is 9. The zero-order chi connectivity index (χ0) is 18.5. The molecule has 0 unspecified atom stereocenters. The fraction of sp³-hybridized carbons (Fsp3) is 0.526. The maximum absolute atomic E-state index is 11.9. The molecule has 1 aromatic carbocycles. The Kier molecular flexibility index (Phi) is 6.21. The van der Waals surface area contributed by atoms with E-state index < -0.39 is 0 Å². The highest BCUT2D eigenvalue weighted by atomic mass is 32.1. The predicted molar refractivity (Wildman–Crippen MR) is 105 cm³/mol. The van der Waals surface area contributed by atoms with Crippen LogP contribution in [0.4, 0.5) is 0 Å². The van der Waals surface area contributed by atoms with E-state index in [-0.39, 0.29) is 5.91 Å². The number of nitrogens with one attached hydrogen (secondary N) is 1. The van der Waals surface area contributed by atoms with E-state index in [0.717, 1.165) is 23.6 Å². The number of aromatic nitrogens is 3. The Labute approximate surface area is 159 Å². The van der Waals surface area contributed by atoms with Crippen molar-refractivity contribution in [3.05, 3.63) is 46.5 Å². The van der Waals surface area contributed by atoms with Crippen LogP contribution in [-0.2, 0) is 18.0 Å². The molecule has 1 saturated carbocycles. The molecular weight excluding hydrogens is 346 g/mol. The van der Waals surface area contributed by atoms with Crippen molar-refractivity contribution >= 4 is 18.1 Å². The molecule has 0 radical (unpaired) electrons. The molecule has 6 nitrogen and oxygen atoms in total. The van der Waals surface area contributed by atoms with Crippen molar-refractivity contribution < 1.29 is 4.79 Å². The summed E-state index contributed by atoms with van der Waals surface area (Å²) in [5.41, 5.74) is 1.22. The first-order valence-corrected chi connectivity index (χ1v) is 9.66. The van der Waals surface area contributed by atoms with Gasteiger partial charge in [0.2, 0.25) is 5.91 Å². The van der Waals surface area contributed by atoms with Crippen molar-refractivity contribution in [1.29, 1.82) is 0 Å². The molecule has 1 aliphatic rings. The van der Waals surface area contributed by atoms with Crippen LogP contribution in [0.5, 0.6) is 0 Å². The number of nitrogens with zero attached hydrogens (tertiary/aromatic N) is 4. The van der Waals surface area contributed by atoms with Gasteiger partial charge in [-0.25, -0.2) is 4.68 Å². The fourth-order valence-electron chi connectivity index (χ4n) is 2.95. The molecule has 1 heterocycles. The number of likely N-dealkylation sites (N-methyl/N-ethyl adjacent to an activating group) is 1. The molecule has 0 atom stereocenters. The van der Waals surface area contributed by atoms with E-state index in [4.69, 9.17) is 17.3 Å². The minimum Gasteiger partial charge on any atom is -0.355 e. The van der Waals surface area contributed by atoms with Crippen molar-refractivity contribution in [3.63, 3.8) is 0 Å². The lowest BCUT2D eigenvalue weighted by atomic mass is 10.2. The first-order chi connectivity index (χ1) is 12.6. The molecule has 0 spiro atoms. The molecule has 26 heavy (non-hydrogen) atoms. The van der Waals surface area contributed by atoms with Gasteiger partial charge in [-0.05, 0) is 44.1 Å². The van der Waals surface area contributed by atoms with E-state index in [1.807, 2.05) is 41.8 Å². The van der Waals surface area contributed by atoms with Gasteiger partial charge >= 0.3 is 0 Å². The van der Waals surface area contributed by atoms with Gasteiger partial charge in [0.1, 0.15) is 5.82 Å². The molecule has 1 fully saturated rings. The first kappa shape index (κ1) is 18.8. The lowest BCUT2D eigenvalue weighted by Gasteiger charge is -2.15. The van der Waals surface area contributed by atoms with Gasteiger partial charge in [0, 0.05) is 12.5 Å². The zero-order valence-corrected chi connectivity index (χ0v) is 16.3. The number of benzene rings is 1. The second-order valence-electron chi connectivity index (χ2n) is 6.99. The second-order valence-corrected chi connectivity index (χ2v) is 7.36. The minimum atomic E-state index is 0.0343. The van der Waals surface area contributed by atoms with E-state index in [1.54, 1.807) is 0 Å². The zero-order valence-electron chi connectivity index (χ0n) is 15.5. The van der Waals surface area contributed by atoms with Gasteiger partial charge in [-0.3, -0.25) is 14.3 Å². The Hall–Kier alpha value is -1.99. The van der Waals surface area contributed by atoms with Crippen molar-refractivity contribution in [2.45, 2.75) is 45.3 Å². The summed E-state index contributed by atoms with van der Waals surface area (Å²) in [6, 6.07) is 10.3. The summed E-state index contributed by atoms with van der Waals surface area (Å²) in [6.45, 7) is 4.35. The number of amides is 1. The van der Waals surface area contributed by atoms with Crippen molar-refractivity contribution in [3.8, 4) is 0 Å². The van der Waals surface area contributed by atoms with Crippen LogP contribution >= 0.6 is 12.2 Å². The summed E-state index contributed by atoms with van der Waals surface area (Å²) in [5.74, 6) is 1.62. The van der Waals surface area contributed by atoms with E-state index in [0.29, 0.717) is 25.7 Å². The van der Waals surface area contributed by atoms with Crippen LogP contribution in [0, 0.1) is 4.77 Å². The molecule has 1 aliphatic carbocycles. The van der Waals surface area contributed by atoms with Gasteiger partial charge in [0.25, 0.3) is 0 Å². The van der Waals surface area contributed by atoms with E-state index in [1.165, 1.54) is 18.4 Å². The molecule has 0 saturated heterocycles. The molecule has 1 aromatic heterocycles. The Morgan fingerprint density at radius 1 is 1.35 bits per heavy atom. The normalized spacial score (nSPS) is 14.0. The monoisotopic (exact) mass is 373 g/mol. The van der Waals surface area contributed by atoms with E-state index in [2.05, 4.69) is 22.0 Å². The molecule has 140 valence electrons. The van der Waals surface area contributed by atoms with Crippen LogP contribution in [0.1, 0.15) is 43.5 Å². The molecular formula is C19H27N5OS. The highest BCUT2D eigenvalue weighted by molar-refractivity contribution is 7.71. The molecule has 2 aromatic rings. The third kappa shape index (κ3) is 4.80. The minimum absolute atomic E-state index is 0.0343. The van der Waals surface area contributed by atoms with Crippen LogP contribution in [0.25, 0.3) is 0 Å². The Morgan fingerprint density at radius 3 is 2.73 bits per heavy atom. The van der Waals surface area contributed by atoms with Crippen LogP contribution in [0.2, 0.25) is 0 Å². The topological polar surface area (TPSA) is 55.1 Å². The maximum atomic E-state index is 11.9. The van der Waals surface area contributed by atoms with Crippen LogP contribution in [0.3, 0.4) is 0 Å². The summed E-state index contributed by atoms with van der Waals surface area (Å²) >= 11 is 5.70. The highest BCUT2D eigenvalue weighted by Gasteiger charge is 2.30. The lowest BCUT2D eigenvalue weighted by molar-refractivity contribution is -0.122. The Morgan fingerprint density at radius 2 is 2.08 bits per heavy atom. The van der Waals surface area contributed by atoms with Gasteiger partial charge in [-0.2, -0.15) is 5.10 Å². The standard InChI is InChI=1S/C19H27N5OS/c1-3-11-20-17(25)13-22(2)14-24-19(26)23(18(21-24)16-9-10-16)12-15-7-5-4-6-8-15/h4-8,16H,3,9-14H2,1-2H3,(H,20,25). The highest BCUT2D eigenvalue weighted by Crippen LogP contribution is 2.39. The number of hydrogen-bond acceptors (Lipinski definition) is 4. The lowest BCUT2D eigenvalue weighted by Crippen LogP contribution is -2.36. The Bertz CT molecular complexity index is 794. The van der Waals surface area contributed by atoms with Gasteiger partial charge in [-0.1, -0.05) is 37.3 Å². The fourth-order valence-corrected chi connectivity index (χ4v) is 3.21. The summed E-state index contributed by atoms with van der Waals surface area (Å²) < 4.78 is 4.71. The number of carbonyl (C=O) groups excluding carboxylic acids is 1. The average Bonchev–Trinajstić information content (AvgIpc) is 3.43. The van der Waals surface area contributed by atoms with E-state index in [9.17, 15) is 4.79 Å². The SMILES string of the molecule is CCCNC(=O)CN(C)Cn1nc(C2CC2)n(Cc2ccccc2)c1=S. The molecule has 3 rings (SSSR count). The van der Waals surface area contributed by atoms with E-state index >= 15 is 0 Å². The molecule has 0 bridgehead atoms. The molecule has 7 heteroatoms. The second kappa shape index (κ2) is 8.60. The van der Waals surface area contributed by atoms with Crippen molar-refractivity contribution in [2.24, 2.45) is 0 Å². The molecule has 1 N–H and O–H groups in total. The summed E-state index contributed by atoms with van der Waals surface area (Å²) in [4.78, 5) is 13.8. The third-order valence-corrected chi connectivity index (χ3v) is 4.87. The number of hydrogen-bond donors (Lipinski definition) is 1. The van der Waals surface area contributed by atoms with Crippen LogP contribution < -0.4 is 5.32 Å². The predicted octanol–water partition coefficient (Wildman–Crippen LogP) is 2.76. The largest absolute Gasteiger partial charge is 0.355 e. The van der Waals surface area contributed by atoms with Crippen LogP contribution in [0.15, 0.2) is 30.3 Å². The van der Waals surface area contributed by atoms with Crippen molar-refractivity contribution in [2.75, 3.05) is 20.1 Å². The maximum Gasteiger partial charge on any atom is 0.234 e. The van der Waals surface area contributed by atoms with Gasteiger partial charge in [-0.15, -0.1) is 0 Å². The average molecular weight is 374 g/mol. The molecule has 1 amide bonds. The summed E-state index contributed by atoms with van der Waals surface area (Å²) in [6.07, 6.45) is 3.29. The molecule has 0 aliphatic heterocycles. The summed E-state index contributed by atoms with van der Waals surface area (Å²) in [5, 5.41) is 7.68. The number of carbonyl (C=O) groups is 1. The summed E-state index contributed by atoms with van der Waals surface area (Å²) in [7, 11) is 1.92. The van der Waals surface area contributed by atoms with Crippen molar-refractivity contribution in [1.82, 2.24) is 24.6 Å². The van der Waals surface area contributed by atoms with Crippen LogP contribution in [-0.4, -0.2) is 45.3 Å². The first-order valence-electron chi connectivity index (χ1n) is 9.25. The third-order valence-electron chi connectivity index (χ3n) is 4.44. The van der Waals surface area contributed by atoms with Gasteiger partial charge in [0.05, 0.1) is 19.8 Å².